The van der Waals surface area contributed by atoms with Crippen molar-refractivity contribution in [2.45, 2.75) is 50.9 Å². The fraction of sp³-hybridized carbons (Fsp3) is 0.706. The molecule has 2 aliphatic rings. The molecule has 13 heteroatoms. The average molecular weight is 442 g/mol. The summed E-state index contributed by atoms with van der Waals surface area (Å²) in [4.78, 5) is 22.9. The zero-order chi connectivity index (χ0) is 21.6. The average Bonchev–Trinajstić information content (AvgIpc) is 3.31. The quantitative estimate of drug-likeness (QED) is 0.599. The summed E-state index contributed by atoms with van der Waals surface area (Å²) < 4.78 is 45.6. The summed E-state index contributed by atoms with van der Waals surface area (Å²) in [6, 6.07) is 0. The largest absolute Gasteiger partial charge is 0.374 e. The molecule has 0 bridgehead atoms. The van der Waals surface area contributed by atoms with Crippen LogP contribution >= 0.6 is 0 Å². The van der Waals surface area contributed by atoms with Crippen molar-refractivity contribution >= 4 is 27.1 Å². The second-order valence-corrected chi connectivity index (χ2v) is 9.81. The molecule has 2 saturated heterocycles. The first-order chi connectivity index (χ1) is 14.2. The number of nitrogens with two attached hydrogens (primary N) is 1. The molecule has 166 valence electrons. The molecule has 0 radical (unpaired) electrons. The van der Waals surface area contributed by atoms with Crippen LogP contribution in [0.25, 0.3) is 11.2 Å². The van der Waals surface area contributed by atoms with Crippen LogP contribution in [0.4, 0.5) is 5.95 Å². The van der Waals surface area contributed by atoms with Gasteiger partial charge in [-0.1, -0.05) is 0 Å². The molecule has 12 nitrogen and oxygen atoms in total. The number of nitrogen functional groups attached to an aromatic ring is 1. The van der Waals surface area contributed by atoms with Gasteiger partial charge in [0.15, 0.2) is 17.4 Å². The molecule has 2 aliphatic heterocycles. The van der Waals surface area contributed by atoms with Crippen molar-refractivity contribution in [3.63, 3.8) is 0 Å². The van der Waals surface area contributed by atoms with Gasteiger partial charge in [0.1, 0.15) is 18.3 Å². The van der Waals surface area contributed by atoms with E-state index in [0.717, 1.165) is 0 Å². The number of nitrogens with zero attached hydrogens (tertiary/aromatic N) is 4. The van der Waals surface area contributed by atoms with Gasteiger partial charge in [-0.15, -0.1) is 0 Å². The maximum Gasteiger partial charge on any atom is 0.280 e. The molecule has 0 aromatic carbocycles. The maximum atomic E-state index is 12.3. The van der Waals surface area contributed by atoms with E-state index in [1.807, 2.05) is 13.8 Å². The van der Waals surface area contributed by atoms with Gasteiger partial charge in [-0.05, 0) is 20.3 Å². The molecular formula is C17H26N6O6S. The van der Waals surface area contributed by atoms with E-state index in [-0.39, 0.29) is 35.5 Å². The molecule has 30 heavy (non-hydrogen) atoms. The van der Waals surface area contributed by atoms with Crippen molar-refractivity contribution in [1.82, 2.24) is 23.8 Å². The van der Waals surface area contributed by atoms with Crippen LogP contribution in [0.2, 0.25) is 0 Å². The Bertz CT molecular complexity index is 1080. The summed E-state index contributed by atoms with van der Waals surface area (Å²) in [5.74, 6) is 0.0842. The highest BCUT2D eigenvalue weighted by molar-refractivity contribution is 7.89. The number of imidazole rings is 1. The fourth-order valence-electron chi connectivity index (χ4n) is 4.03. The predicted molar refractivity (Wildman–Crippen MR) is 107 cm³/mol. The number of aromatic amines is 1. The Morgan fingerprint density at radius 3 is 2.80 bits per heavy atom. The third-order valence-corrected chi connectivity index (χ3v) is 7.22. The van der Waals surface area contributed by atoms with Gasteiger partial charge in [0.25, 0.3) is 5.56 Å². The van der Waals surface area contributed by atoms with Crippen molar-refractivity contribution in [2.24, 2.45) is 0 Å². The molecule has 2 aromatic heterocycles. The first-order valence-electron chi connectivity index (χ1n) is 9.75. The van der Waals surface area contributed by atoms with E-state index < -0.39 is 40.1 Å². The van der Waals surface area contributed by atoms with Crippen LogP contribution < -0.4 is 11.3 Å². The lowest BCUT2D eigenvalue weighted by atomic mass is 10.1. The third-order valence-electron chi connectivity index (χ3n) is 5.30. The Kier molecular flexibility index (Phi) is 5.57. The van der Waals surface area contributed by atoms with Crippen molar-refractivity contribution in [2.75, 3.05) is 31.7 Å². The Labute approximate surface area is 173 Å². The number of aromatic nitrogens is 4. The standard InChI is InChI=1S/C17H26N6O6S/c1-9(2)28-12-10(7-22-5-4-6-30(22,25)26)29-16(13(12)27-3)23-8-19-11-14(23)20-17(18)21-15(11)24/h8-10,12-13,16H,4-7H2,1-3H3,(H3,18,20,21,24)/t10-,12-,13-,16?/m1/s1. The smallest absolute Gasteiger partial charge is 0.280 e. The number of methoxy groups -OCH3 is 1. The lowest BCUT2D eigenvalue weighted by Gasteiger charge is -2.27. The van der Waals surface area contributed by atoms with E-state index in [4.69, 9.17) is 19.9 Å². The number of hydrogen-bond donors (Lipinski definition) is 2. The molecule has 0 saturated carbocycles. The molecule has 0 amide bonds. The molecule has 0 spiro atoms. The van der Waals surface area contributed by atoms with E-state index in [1.54, 1.807) is 4.57 Å². The number of fused-ring (bicyclic) bond motifs is 1. The van der Waals surface area contributed by atoms with Crippen LogP contribution in [0, 0.1) is 0 Å². The van der Waals surface area contributed by atoms with Crippen molar-refractivity contribution < 1.29 is 22.6 Å². The van der Waals surface area contributed by atoms with Crippen LogP contribution in [0.1, 0.15) is 26.5 Å². The first-order valence-corrected chi connectivity index (χ1v) is 11.4. The summed E-state index contributed by atoms with van der Waals surface area (Å²) in [5.41, 5.74) is 5.61. The van der Waals surface area contributed by atoms with Crippen molar-refractivity contribution in [3.8, 4) is 0 Å². The minimum atomic E-state index is -3.30. The minimum absolute atomic E-state index is 0.0455. The summed E-state index contributed by atoms with van der Waals surface area (Å²) in [7, 11) is -1.78. The summed E-state index contributed by atoms with van der Waals surface area (Å²) in [6.07, 6.45) is -0.539. The molecular weight excluding hydrogens is 416 g/mol. The molecule has 3 N–H and O–H groups in total. The summed E-state index contributed by atoms with van der Waals surface area (Å²) in [5, 5.41) is 0. The van der Waals surface area contributed by atoms with E-state index >= 15 is 0 Å². The van der Waals surface area contributed by atoms with Gasteiger partial charge in [-0.25, -0.2) is 13.4 Å². The van der Waals surface area contributed by atoms with Gasteiger partial charge < -0.3 is 19.9 Å². The van der Waals surface area contributed by atoms with Crippen LogP contribution in [0.15, 0.2) is 11.1 Å². The van der Waals surface area contributed by atoms with Gasteiger partial charge in [0.05, 0.1) is 18.2 Å². The molecule has 4 rings (SSSR count). The molecule has 2 aromatic rings. The monoisotopic (exact) mass is 442 g/mol. The number of anilines is 1. The second kappa shape index (κ2) is 7.89. The Morgan fingerprint density at radius 2 is 2.17 bits per heavy atom. The summed E-state index contributed by atoms with van der Waals surface area (Å²) >= 11 is 0. The zero-order valence-electron chi connectivity index (χ0n) is 17.0. The normalized spacial score (nSPS) is 29.3. The van der Waals surface area contributed by atoms with Gasteiger partial charge in [-0.2, -0.15) is 9.29 Å². The predicted octanol–water partition coefficient (Wildman–Crippen LogP) is -0.557. The topological polar surface area (TPSA) is 155 Å². The second-order valence-electron chi connectivity index (χ2n) is 7.72. The Balaban J connectivity index is 1.71. The lowest BCUT2D eigenvalue weighted by Crippen LogP contribution is -2.43. The number of H-pyrrole nitrogens is 1. The Morgan fingerprint density at radius 1 is 1.40 bits per heavy atom. The molecule has 4 atom stereocenters. The summed E-state index contributed by atoms with van der Waals surface area (Å²) in [6.45, 7) is 4.37. The highest BCUT2D eigenvalue weighted by Crippen LogP contribution is 2.36. The number of ether oxygens (including phenoxy) is 3. The first kappa shape index (κ1) is 21.2. The number of hydrogen-bond acceptors (Lipinski definition) is 9. The van der Waals surface area contributed by atoms with Crippen LogP contribution in [-0.2, 0) is 24.2 Å². The van der Waals surface area contributed by atoms with E-state index in [1.165, 1.54) is 17.7 Å². The number of sulfonamides is 1. The highest BCUT2D eigenvalue weighted by Gasteiger charge is 2.49. The maximum absolute atomic E-state index is 12.3. The number of rotatable bonds is 6. The van der Waals surface area contributed by atoms with Gasteiger partial charge >= 0.3 is 0 Å². The number of nitrogens with one attached hydrogen (secondary N) is 1. The van der Waals surface area contributed by atoms with E-state index in [0.29, 0.717) is 13.0 Å². The van der Waals surface area contributed by atoms with Gasteiger partial charge in [0.2, 0.25) is 16.0 Å². The highest BCUT2D eigenvalue weighted by atomic mass is 32.2. The molecule has 0 aliphatic carbocycles. The van der Waals surface area contributed by atoms with E-state index in [2.05, 4.69) is 15.0 Å². The van der Waals surface area contributed by atoms with Crippen LogP contribution in [0.5, 0.6) is 0 Å². The van der Waals surface area contributed by atoms with Crippen molar-refractivity contribution in [3.05, 3.63) is 16.7 Å². The van der Waals surface area contributed by atoms with Crippen molar-refractivity contribution in [1.29, 1.82) is 0 Å². The van der Waals surface area contributed by atoms with Gasteiger partial charge in [0, 0.05) is 20.2 Å². The zero-order valence-corrected chi connectivity index (χ0v) is 17.8. The van der Waals surface area contributed by atoms with Crippen LogP contribution in [-0.4, -0.2) is 82.6 Å². The fourth-order valence-corrected chi connectivity index (χ4v) is 5.57. The third kappa shape index (κ3) is 3.71. The van der Waals surface area contributed by atoms with E-state index in [9.17, 15) is 13.2 Å². The Hall–Kier alpha value is -2.06. The molecule has 1 unspecified atom stereocenters. The minimum Gasteiger partial charge on any atom is -0.374 e. The SMILES string of the molecule is CO[C@H]1C(n2cnc3c(=O)[nH]c(N)nc32)O[C@H](CN2CCCS2(=O)=O)[C@H]1OC(C)C. The lowest BCUT2D eigenvalue weighted by molar-refractivity contribution is -0.0793. The van der Waals surface area contributed by atoms with Crippen LogP contribution in [0.3, 0.4) is 0 Å². The molecule has 4 heterocycles. The van der Waals surface area contributed by atoms with Gasteiger partial charge in [-0.3, -0.25) is 14.3 Å². The molecule has 2 fully saturated rings.